The molecule has 0 bridgehead atoms. The molecule has 2 N–H and O–H groups in total. The zero-order valence-corrected chi connectivity index (χ0v) is 16.6. The van der Waals surface area contributed by atoms with E-state index in [1.165, 1.54) is 12.1 Å². The van der Waals surface area contributed by atoms with E-state index in [1.807, 2.05) is 12.1 Å². The van der Waals surface area contributed by atoms with Crippen LogP contribution in [-0.2, 0) is 4.79 Å². The van der Waals surface area contributed by atoms with Gasteiger partial charge in [-0.25, -0.2) is 0 Å². The first kappa shape index (κ1) is 20.1. The van der Waals surface area contributed by atoms with Gasteiger partial charge in [-0.2, -0.15) is 0 Å². The van der Waals surface area contributed by atoms with Gasteiger partial charge in [-0.3, -0.25) is 9.59 Å². The summed E-state index contributed by atoms with van der Waals surface area (Å²) in [5.41, 5.74) is 0.601. The average molecular weight is 401 g/mol. The normalized spacial score (nSPS) is 15.7. The van der Waals surface area contributed by atoms with Crippen LogP contribution in [0.3, 0.4) is 0 Å². The molecule has 1 aliphatic heterocycles. The van der Waals surface area contributed by atoms with Crippen LogP contribution in [0.1, 0.15) is 30.1 Å². The molecule has 28 heavy (non-hydrogen) atoms. The lowest BCUT2D eigenvalue weighted by molar-refractivity contribution is -0.128. The monoisotopic (exact) mass is 400 g/mol. The van der Waals surface area contributed by atoms with E-state index in [4.69, 9.17) is 4.74 Å². The van der Waals surface area contributed by atoms with Crippen molar-refractivity contribution < 1.29 is 19.4 Å². The third kappa shape index (κ3) is 4.98. The van der Waals surface area contributed by atoms with Crippen LogP contribution in [0.4, 0.5) is 0 Å². The van der Waals surface area contributed by atoms with Crippen molar-refractivity contribution >= 4 is 24.4 Å². The first-order valence-corrected chi connectivity index (χ1v) is 9.72. The van der Waals surface area contributed by atoms with Gasteiger partial charge in [-0.1, -0.05) is 12.1 Å². The van der Waals surface area contributed by atoms with Crippen molar-refractivity contribution in [3.63, 3.8) is 0 Å². The molecule has 0 radical (unpaired) electrons. The summed E-state index contributed by atoms with van der Waals surface area (Å²) in [4.78, 5) is 27.5. The van der Waals surface area contributed by atoms with Gasteiger partial charge in [0, 0.05) is 24.0 Å². The quantitative estimate of drug-likeness (QED) is 0.675. The first-order valence-electron chi connectivity index (χ1n) is 9.27. The average Bonchev–Trinajstić information content (AvgIpc) is 2.70. The summed E-state index contributed by atoms with van der Waals surface area (Å²) in [5, 5.41) is 12.3. The fourth-order valence-corrected chi connectivity index (χ4v) is 3.41. The number of piperidine rings is 1. The maximum atomic E-state index is 12.6. The summed E-state index contributed by atoms with van der Waals surface area (Å²) < 4.78 is 5.61. The number of nitrogens with zero attached hydrogens (tertiary/aromatic N) is 1. The van der Waals surface area contributed by atoms with Gasteiger partial charge >= 0.3 is 0 Å². The molecule has 1 heterocycles. The molecular formula is C21H24N2O4S. The van der Waals surface area contributed by atoms with Gasteiger partial charge in [0.25, 0.3) is 11.8 Å². The van der Waals surface area contributed by atoms with E-state index >= 15 is 0 Å². The Morgan fingerprint density at radius 2 is 1.79 bits per heavy atom. The molecule has 6 nitrogen and oxygen atoms in total. The van der Waals surface area contributed by atoms with Crippen molar-refractivity contribution in [1.29, 1.82) is 0 Å². The Balaban J connectivity index is 1.48. The lowest BCUT2D eigenvalue weighted by Gasteiger charge is -2.33. The Kier molecular flexibility index (Phi) is 6.46. The molecule has 0 aliphatic carbocycles. The molecule has 1 unspecified atom stereocenters. The van der Waals surface area contributed by atoms with Crippen molar-refractivity contribution in [2.45, 2.75) is 36.8 Å². The van der Waals surface area contributed by atoms with E-state index in [1.54, 1.807) is 36.1 Å². The Hall–Kier alpha value is -2.67. The lowest BCUT2D eigenvalue weighted by Crippen LogP contribution is -2.49. The first-order chi connectivity index (χ1) is 13.4. The molecule has 2 aromatic carbocycles. The van der Waals surface area contributed by atoms with Crippen molar-refractivity contribution in [3.05, 3.63) is 54.1 Å². The van der Waals surface area contributed by atoms with Crippen molar-refractivity contribution in [1.82, 2.24) is 10.2 Å². The molecule has 2 amide bonds. The Morgan fingerprint density at radius 1 is 1.14 bits per heavy atom. The minimum absolute atomic E-state index is 0.00802. The molecule has 148 valence electrons. The highest BCUT2D eigenvalue weighted by molar-refractivity contribution is 7.80. The maximum absolute atomic E-state index is 12.6. The van der Waals surface area contributed by atoms with Crippen LogP contribution in [0.15, 0.2) is 53.4 Å². The number of phenolic OH excluding ortho intramolecular Hbond substituents is 1. The van der Waals surface area contributed by atoms with E-state index in [0.29, 0.717) is 42.1 Å². The molecule has 1 atom stereocenters. The van der Waals surface area contributed by atoms with E-state index < -0.39 is 6.10 Å². The topological polar surface area (TPSA) is 78.9 Å². The number of hydrogen-bond acceptors (Lipinski definition) is 5. The molecule has 0 spiro atoms. The SMILES string of the molecule is CC(Oc1ccc(O)cc1)C(=O)NC1CCN(C(=O)c2ccccc2S)CC1. The number of carbonyl (C=O) groups excluding carboxylic acids is 2. The van der Waals surface area contributed by atoms with Crippen LogP contribution in [0.5, 0.6) is 11.5 Å². The van der Waals surface area contributed by atoms with Gasteiger partial charge < -0.3 is 20.1 Å². The minimum Gasteiger partial charge on any atom is -0.508 e. The number of hydrogen-bond donors (Lipinski definition) is 3. The number of carbonyl (C=O) groups is 2. The molecule has 7 heteroatoms. The Labute approximate surface area is 169 Å². The van der Waals surface area contributed by atoms with Crippen LogP contribution in [0, 0.1) is 0 Å². The number of phenols is 1. The summed E-state index contributed by atoms with van der Waals surface area (Å²) in [5.74, 6) is 0.440. The number of likely N-dealkylation sites (tertiary alicyclic amines) is 1. The molecule has 0 saturated carbocycles. The predicted octanol–water partition coefficient (Wildman–Crippen LogP) is 2.87. The third-order valence-electron chi connectivity index (χ3n) is 4.78. The highest BCUT2D eigenvalue weighted by atomic mass is 32.1. The minimum atomic E-state index is -0.653. The van der Waals surface area contributed by atoms with Crippen molar-refractivity contribution in [3.8, 4) is 11.5 Å². The zero-order chi connectivity index (χ0) is 20.1. The second-order valence-corrected chi connectivity index (χ2v) is 7.33. The predicted molar refractivity (Wildman–Crippen MR) is 109 cm³/mol. The van der Waals surface area contributed by atoms with Crippen LogP contribution in [0.2, 0.25) is 0 Å². The summed E-state index contributed by atoms with van der Waals surface area (Å²) in [6.07, 6.45) is 0.733. The van der Waals surface area contributed by atoms with Crippen molar-refractivity contribution in [2.24, 2.45) is 0 Å². The Bertz CT molecular complexity index is 833. The largest absolute Gasteiger partial charge is 0.508 e. The molecule has 0 aromatic heterocycles. The van der Waals surface area contributed by atoms with Crippen molar-refractivity contribution in [2.75, 3.05) is 13.1 Å². The Morgan fingerprint density at radius 3 is 2.43 bits per heavy atom. The second-order valence-electron chi connectivity index (χ2n) is 6.85. The molecule has 3 rings (SSSR count). The van der Waals surface area contributed by atoms with Gasteiger partial charge in [-0.05, 0) is 56.2 Å². The number of thiol groups is 1. The molecule has 1 aliphatic rings. The number of benzene rings is 2. The highest BCUT2D eigenvalue weighted by Gasteiger charge is 2.26. The standard InChI is InChI=1S/C21H24N2O4S/c1-14(27-17-8-6-16(24)7-9-17)20(25)22-15-10-12-23(13-11-15)21(26)18-4-2-3-5-19(18)28/h2-9,14-15,24,28H,10-13H2,1H3,(H,22,25). The van der Waals surface area contributed by atoms with E-state index in [9.17, 15) is 14.7 Å². The number of aromatic hydroxyl groups is 1. The summed E-state index contributed by atoms with van der Waals surface area (Å²) >= 11 is 4.36. The maximum Gasteiger partial charge on any atom is 0.260 e. The third-order valence-corrected chi connectivity index (χ3v) is 5.17. The molecular weight excluding hydrogens is 376 g/mol. The van der Waals surface area contributed by atoms with E-state index in [-0.39, 0.29) is 23.6 Å². The lowest BCUT2D eigenvalue weighted by atomic mass is 10.0. The van der Waals surface area contributed by atoms with Crippen LogP contribution < -0.4 is 10.1 Å². The van der Waals surface area contributed by atoms with Gasteiger partial charge in [0.1, 0.15) is 11.5 Å². The molecule has 1 fully saturated rings. The summed E-state index contributed by atoms with van der Waals surface area (Å²) in [7, 11) is 0. The molecule has 1 saturated heterocycles. The smallest absolute Gasteiger partial charge is 0.260 e. The van der Waals surface area contributed by atoms with E-state index in [2.05, 4.69) is 17.9 Å². The number of amides is 2. The highest BCUT2D eigenvalue weighted by Crippen LogP contribution is 2.20. The van der Waals surface area contributed by atoms with Gasteiger partial charge in [-0.15, -0.1) is 12.6 Å². The number of nitrogens with one attached hydrogen (secondary N) is 1. The summed E-state index contributed by atoms with van der Waals surface area (Å²) in [6.45, 7) is 2.85. The number of ether oxygens (including phenoxy) is 1. The summed E-state index contributed by atoms with van der Waals surface area (Å²) in [6, 6.07) is 13.5. The van der Waals surface area contributed by atoms with Crippen LogP contribution in [-0.4, -0.2) is 47.1 Å². The van der Waals surface area contributed by atoms with Gasteiger partial charge in [0.2, 0.25) is 0 Å². The van der Waals surface area contributed by atoms with E-state index in [0.717, 1.165) is 0 Å². The van der Waals surface area contributed by atoms with Gasteiger partial charge in [0.15, 0.2) is 6.10 Å². The van der Waals surface area contributed by atoms with Crippen LogP contribution >= 0.6 is 12.6 Å². The fraction of sp³-hybridized carbons (Fsp3) is 0.333. The fourth-order valence-electron chi connectivity index (χ4n) is 3.15. The van der Waals surface area contributed by atoms with Crippen LogP contribution in [0.25, 0.3) is 0 Å². The van der Waals surface area contributed by atoms with Gasteiger partial charge in [0.05, 0.1) is 5.56 Å². The second kappa shape index (κ2) is 9.01. The number of rotatable bonds is 5. The zero-order valence-electron chi connectivity index (χ0n) is 15.7. The molecule has 2 aromatic rings.